The lowest BCUT2D eigenvalue weighted by molar-refractivity contribution is -0.0527. The predicted octanol–water partition coefficient (Wildman–Crippen LogP) is 1.96. The number of hydrogen-bond acceptors (Lipinski definition) is 4. The van der Waals surface area contributed by atoms with Crippen LogP contribution in [0, 0.1) is 5.82 Å². The van der Waals surface area contributed by atoms with Crippen molar-refractivity contribution in [2.75, 3.05) is 26.2 Å². The molecule has 1 saturated heterocycles. The summed E-state index contributed by atoms with van der Waals surface area (Å²) in [6.07, 6.45) is 1.92. The summed E-state index contributed by atoms with van der Waals surface area (Å²) < 4.78 is 19.1. The molecule has 6 heteroatoms. The summed E-state index contributed by atoms with van der Waals surface area (Å²) in [5.41, 5.74) is -0.105. The number of nitrogens with zero attached hydrogens (tertiary/aromatic N) is 1. The Hall–Kier alpha value is -2.18. The first-order valence-electron chi connectivity index (χ1n) is 8.54. The first-order valence-corrected chi connectivity index (χ1v) is 8.54. The minimum atomic E-state index is -0.931. The monoisotopic (exact) mass is 346 g/mol. The van der Waals surface area contributed by atoms with Crippen molar-refractivity contribution in [2.45, 2.75) is 24.9 Å². The second-order valence-corrected chi connectivity index (χ2v) is 6.58. The summed E-state index contributed by atoms with van der Waals surface area (Å²) in [6, 6.07) is 11.4. The molecule has 134 valence electrons. The number of rotatable bonds is 6. The maximum Gasteiger partial charge on any atom is 0.248 e. The Morgan fingerprint density at radius 3 is 2.64 bits per heavy atom. The van der Waals surface area contributed by atoms with Crippen molar-refractivity contribution in [1.29, 1.82) is 0 Å². The molecule has 0 spiro atoms. The van der Waals surface area contributed by atoms with Gasteiger partial charge in [-0.3, -0.25) is 4.79 Å². The van der Waals surface area contributed by atoms with Gasteiger partial charge < -0.3 is 19.7 Å². The van der Waals surface area contributed by atoms with Crippen LogP contribution in [0.1, 0.15) is 18.5 Å². The fraction of sp³-hybridized carbons (Fsp3) is 0.421. The van der Waals surface area contributed by atoms with E-state index in [0.717, 1.165) is 31.7 Å². The Bertz CT molecular complexity index is 754. The Morgan fingerprint density at radius 2 is 1.92 bits per heavy atom. The van der Waals surface area contributed by atoms with Crippen molar-refractivity contribution in [3.05, 3.63) is 64.3 Å². The van der Waals surface area contributed by atoms with Gasteiger partial charge in [-0.25, -0.2) is 4.39 Å². The maximum absolute atomic E-state index is 13.6. The van der Waals surface area contributed by atoms with Gasteiger partial charge in [0, 0.05) is 37.8 Å². The number of piperidine rings is 1. The van der Waals surface area contributed by atoms with Crippen LogP contribution in [0.25, 0.3) is 0 Å². The fourth-order valence-electron chi connectivity index (χ4n) is 3.03. The molecule has 1 aliphatic heterocycles. The molecule has 3 rings (SSSR count). The molecule has 2 N–H and O–H groups in total. The number of ether oxygens (including phenoxy) is 1. The van der Waals surface area contributed by atoms with Crippen molar-refractivity contribution in [1.82, 2.24) is 9.88 Å². The summed E-state index contributed by atoms with van der Waals surface area (Å²) in [4.78, 5) is 16.4. The van der Waals surface area contributed by atoms with Crippen molar-refractivity contribution in [3.63, 3.8) is 0 Å². The second kappa shape index (κ2) is 7.80. The standard InChI is InChI=1S/C19H23FN2O3/c20-16-5-1-2-6-17(16)25-14-19(24)9-12-22(13-10-19)11-8-15-4-3-7-18(23)21-15/h1-7,24H,8-14H2,(H,21,23). The Balaban J connectivity index is 1.46. The van der Waals surface area contributed by atoms with Gasteiger partial charge in [-0.1, -0.05) is 18.2 Å². The third-order valence-corrected chi connectivity index (χ3v) is 4.65. The first kappa shape index (κ1) is 17.6. The number of nitrogens with one attached hydrogen (secondary N) is 1. The number of likely N-dealkylation sites (tertiary alicyclic amines) is 1. The molecule has 2 heterocycles. The Kier molecular flexibility index (Phi) is 5.50. The highest BCUT2D eigenvalue weighted by atomic mass is 19.1. The maximum atomic E-state index is 13.6. The number of hydrogen-bond donors (Lipinski definition) is 2. The number of para-hydroxylation sites is 1. The van der Waals surface area contributed by atoms with Gasteiger partial charge in [-0.05, 0) is 31.0 Å². The van der Waals surface area contributed by atoms with E-state index >= 15 is 0 Å². The van der Waals surface area contributed by atoms with Crippen LogP contribution in [0.3, 0.4) is 0 Å². The van der Waals surface area contributed by atoms with Crippen LogP contribution < -0.4 is 10.3 Å². The molecule has 0 amide bonds. The predicted molar refractivity (Wildman–Crippen MR) is 93.3 cm³/mol. The molecular weight excluding hydrogens is 323 g/mol. The quantitative estimate of drug-likeness (QED) is 0.839. The van der Waals surface area contributed by atoms with Crippen LogP contribution in [0.15, 0.2) is 47.3 Å². The number of aromatic nitrogens is 1. The Labute approximate surface area is 146 Å². The second-order valence-electron chi connectivity index (χ2n) is 6.58. The third kappa shape index (κ3) is 4.90. The molecule has 5 nitrogen and oxygen atoms in total. The van der Waals surface area contributed by atoms with Gasteiger partial charge in [-0.2, -0.15) is 0 Å². The number of aliphatic hydroxyl groups is 1. The molecule has 1 aromatic carbocycles. The van der Waals surface area contributed by atoms with Crippen LogP contribution in [0.2, 0.25) is 0 Å². The van der Waals surface area contributed by atoms with Crippen LogP contribution >= 0.6 is 0 Å². The number of H-pyrrole nitrogens is 1. The van der Waals surface area contributed by atoms with E-state index in [9.17, 15) is 14.3 Å². The molecule has 0 saturated carbocycles. The zero-order valence-corrected chi connectivity index (χ0v) is 14.1. The minimum Gasteiger partial charge on any atom is -0.488 e. The first-order chi connectivity index (χ1) is 12.0. The van der Waals surface area contributed by atoms with E-state index in [1.807, 2.05) is 6.07 Å². The molecule has 1 aromatic heterocycles. The lowest BCUT2D eigenvalue weighted by Gasteiger charge is -2.37. The van der Waals surface area contributed by atoms with Crippen molar-refractivity contribution in [3.8, 4) is 5.75 Å². The lowest BCUT2D eigenvalue weighted by Crippen LogP contribution is -2.48. The van der Waals surface area contributed by atoms with E-state index in [1.54, 1.807) is 24.3 Å². The van der Waals surface area contributed by atoms with Crippen LogP contribution in [0.4, 0.5) is 4.39 Å². The van der Waals surface area contributed by atoms with Gasteiger partial charge in [-0.15, -0.1) is 0 Å². The van der Waals surface area contributed by atoms with E-state index in [2.05, 4.69) is 9.88 Å². The topological polar surface area (TPSA) is 65.6 Å². The summed E-state index contributed by atoms with van der Waals surface area (Å²) in [5, 5.41) is 10.6. The smallest absolute Gasteiger partial charge is 0.248 e. The van der Waals surface area contributed by atoms with Gasteiger partial charge in [0.2, 0.25) is 5.56 Å². The summed E-state index contributed by atoms with van der Waals surface area (Å²) in [7, 11) is 0. The third-order valence-electron chi connectivity index (χ3n) is 4.65. The van der Waals surface area contributed by atoms with Crippen LogP contribution in [-0.4, -0.2) is 46.8 Å². The number of aromatic amines is 1. The molecule has 0 bridgehead atoms. The molecule has 0 radical (unpaired) electrons. The SMILES string of the molecule is O=c1cccc(CCN2CCC(O)(COc3ccccc3F)CC2)[nH]1. The lowest BCUT2D eigenvalue weighted by atomic mass is 9.92. The van der Waals surface area contributed by atoms with E-state index in [0.29, 0.717) is 12.8 Å². The van der Waals surface area contributed by atoms with Gasteiger partial charge in [0.15, 0.2) is 11.6 Å². The van der Waals surface area contributed by atoms with Gasteiger partial charge in [0.1, 0.15) is 12.2 Å². The molecular formula is C19H23FN2O3. The molecule has 25 heavy (non-hydrogen) atoms. The van der Waals surface area contributed by atoms with Gasteiger partial charge >= 0.3 is 0 Å². The number of halogens is 1. The highest BCUT2D eigenvalue weighted by Crippen LogP contribution is 2.25. The van der Waals surface area contributed by atoms with Crippen molar-refractivity contribution in [2.24, 2.45) is 0 Å². The van der Waals surface area contributed by atoms with Crippen molar-refractivity contribution >= 4 is 0 Å². The van der Waals surface area contributed by atoms with E-state index < -0.39 is 11.4 Å². The molecule has 0 aliphatic carbocycles. The summed E-state index contributed by atoms with van der Waals surface area (Å²) >= 11 is 0. The highest BCUT2D eigenvalue weighted by Gasteiger charge is 2.33. The molecule has 1 aliphatic rings. The minimum absolute atomic E-state index is 0.0872. The van der Waals surface area contributed by atoms with Crippen LogP contribution in [-0.2, 0) is 6.42 Å². The van der Waals surface area contributed by atoms with E-state index in [1.165, 1.54) is 12.1 Å². The normalized spacial score (nSPS) is 17.4. The van der Waals surface area contributed by atoms with Gasteiger partial charge in [0.05, 0.1) is 0 Å². The molecule has 0 atom stereocenters. The molecule has 0 unspecified atom stereocenters. The largest absolute Gasteiger partial charge is 0.488 e. The summed E-state index contributed by atoms with van der Waals surface area (Å²) in [5.74, 6) is -0.244. The number of pyridine rings is 1. The van der Waals surface area contributed by atoms with Gasteiger partial charge in [0.25, 0.3) is 0 Å². The summed E-state index contributed by atoms with van der Waals surface area (Å²) in [6.45, 7) is 2.40. The Morgan fingerprint density at radius 1 is 1.16 bits per heavy atom. The average molecular weight is 346 g/mol. The molecule has 1 fully saturated rings. The van der Waals surface area contributed by atoms with E-state index in [4.69, 9.17) is 4.74 Å². The zero-order valence-electron chi connectivity index (χ0n) is 14.1. The van der Waals surface area contributed by atoms with Crippen molar-refractivity contribution < 1.29 is 14.2 Å². The van der Waals surface area contributed by atoms with E-state index in [-0.39, 0.29) is 17.9 Å². The average Bonchev–Trinajstić information content (AvgIpc) is 2.61. The zero-order chi connectivity index (χ0) is 17.7. The molecule has 2 aromatic rings. The van der Waals surface area contributed by atoms with Crippen LogP contribution in [0.5, 0.6) is 5.75 Å². The number of benzene rings is 1. The highest BCUT2D eigenvalue weighted by molar-refractivity contribution is 5.23. The fourth-order valence-corrected chi connectivity index (χ4v) is 3.03.